The van der Waals surface area contributed by atoms with Gasteiger partial charge in [-0.3, -0.25) is 0 Å². The van der Waals surface area contributed by atoms with E-state index < -0.39 is 11.9 Å². The first-order chi connectivity index (χ1) is 7.07. The molecule has 1 aromatic heterocycles. The number of alkyl halides is 3. The highest BCUT2D eigenvalue weighted by Crippen LogP contribution is 2.37. The molecule has 0 N–H and O–H groups in total. The van der Waals surface area contributed by atoms with Gasteiger partial charge in [-0.1, -0.05) is 18.2 Å². The van der Waals surface area contributed by atoms with Crippen molar-refractivity contribution < 1.29 is 13.2 Å². The van der Waals surface area contributed by atoms with Gasteiger partial charge in [0.2, 0.25) is 0 Å². The quantitative estimate of drug-likeness (QED) is 0.630. The number of para-hydroxylation sites is 1. The molecule has 15 heavy (non-hydrogen) atoms. The van der Waals surface area contributed by atoms with Crippen LogP contribution in [0.3, 0.4) is 0 Å². The van der Waals surface area contributed by atoms with Gasteiger partial charge in [-0.2, -0.15) is 13.2 Å². The lowest BCUT2D eigenvalue weighted by atomic mass is 10.1. The monoisotopic (exact) mass is 211 g/mol. The van der Waals surface area contributed by atoms with Crippen LogP contribution in [0.15, 0.2) is 24.3 Å². The normalized spacial score (nSPS) is 15.1. The molecule has 0 bridgehead atoms. The van der Waals surface area contributed by atoms with Gasteiger partial charge in [0.15, 0.2) is 0 Å². The lowest BCUT2D eigenvalue weighted by Crippen LogP contribution is -2.11. The van der Waals surface area contributed by atoms with Crippen LogP contribution in [-0.4, -0.2) is 4.57 Å². The van der Waals surface area contributed by atoms with E-state index in [4.69, 9.17) is 0 Å². The van der Waals surface area contributed by atoms with E-state index >= 15 is 0 Å². The molecule has 1 aromatic carbocycles. The highest BCUT2D eigenvalue weighted by Gasteiger charge is 2.36. The summed E-state index contributed by atoms with van der Waals surface area (Å²) in [7, 11) is 0. The third kappa shape index (κ3) is 1.11. The Morgan fingerprint density at radius 2 is 2.00 bits per heavy atom. The smallest absolute Gasteiger partial charge is 0.336 e. The Balaban J connectivity index is 2.39. The fourth-order valence-electron chi connectivity index (χ4n) is 2.30. The summed E-state index contributed by atoms with van der Waals surface area (Å²) in [5.74, 6) is 0. The van der Waals surface area contributed by atoms with Gasteiger partial charge in [0, 0.05) is 11.9 Å². The topological polar surface area (TPSA) is 4.93 Å². The van der Waals surface area contributed by atoms with Crippen molar-refractivity contribution in [3.63, 3.8) is 0 Å². The van der Waals surface area contributed by atoms with Gasteiger partial charge >= 0.3 is 6.18 Å². The van der Waals surface area contributed by atoms with Gasteiger partial charge in [0.25, 0.3) is 0 Å². The van der Waals surface area contributed by atoms with Crippen LogP contribution in [0.2, 0.25) is 0 Å². The van der Waals surface area contributed by atoms with Gasteiger partial charge in [0.05, 0.1) is 5.52 Å². The summed E-state index contributed by atoms with van der Waals surface area (Å²) >= 11 is 0. The highest BCUT2D eigenvalue weighted by molar-refractivity contribution is 5.85. The minimum absolute atomic E-state index is 0.442. The second-order valence-corrected chi connectivity index (χ2v) is 3.78. The van der Waals surface area contributed by atoms with Crippen molar-refractivity contribution in [1.29, 1.82) is 0 Å². The van der Waals surface area contributed by atoms with Gasteiger partial charge in [0.1, 0.15) is 5.69 Å². The van der Waals surface area contributed by atoms with Crippen LogP contribution in [0.4, 0.5) is 13.2 Å². The summed E-state index contributed by atoms with van der Waals surface area (Å²) in [6.45, 7) is 0.442. The molecule has 3 rings (SSSR count). The summed E-state index contributed by atoms with van der Waals surface area (Å²) in [4.78, 5) is 0. The maximum atomic E-state index is 12.7. The first kappa shape index (κ1) is 8.83. The molecule has 0 saturated heterocycles. The van der Waals surface area contributed by atoms with E-state index in [9.17, 15) is 13.2 Å². The Kier molecular flexibility index (Phi) is 1.51. The number of rotatable bonds is 0. The van der Waals surface area contributed by atoms with Crippen LogP contribution in [0, 0.1) is 0 Å². The van der Waals surface area contributed by atoms with Crippen molar-refractivity contribution >= 4 is 10.9 Å². The summed E-state index contributed by atoms with van der Waals surface area (Å²) in [6, 6.07) is 6.67. The maximum absolute atomic E-state index is 12.7. The molecule has 0 radical (unpaired) electrons. The molecule has 1 nitrogen and oxygen atoms in total. The van der Waals surface area contributed by atoms with E-state index in [2.05, 4.69) is 0 Å². The zero-order chi connectivity index (χ0) is 10.6. The summed E-state index contributed by atoms with van der Waals surface area (Å²) in [5.41, 5.74) is 1.25. The van der Waals surface area contributed by atoms with E-state index in [0.717, 1.165) is 11.1 Å². The summed E-state index contributed by atoms with van der Waals surface area (Å²) in [5, 5.41) is 0.692. The number of benzene rings is 1. The Morgan fingerprint density at radius 3 is 2.73 bits per heavy atom. The van der Waals surface area contributed by atoms with Crippen LogP contribution in [0.1, 0.15) is 11.3 Å². The second-order valence-electron chi connectivity index (χ2n) is 3.78. The first-order valence-corrected chi connectivity index (χ1v) is 4.76. The van der Waals surface area contributed by atoms with Gasteiger partial charge in [-0.05, 0) is 18.1 Å². The number of halogens is 3. The molecule has 2 heterocycles. The molecule has 1 aliphatic rings. The Bertz CT molecular complexity index is 536. The molecular weight excluding hydrogens is 203 g/mol. The van der Waals surface area contributed by atoms with E-state index in [0.29, 0.717) is 18.4 Å². The molecule has 0 fully saturated rings. The Hall–Kier alpha value is -1.45. The van der Waals surface area contributed by atoms with Crippen molar-refractivity contribution in [2.45, 2.75) is 19.1 Å². The molecule has 2 aromatic rings. The zero-order valence-electron chi connectivity index (χ0n) is 7.80. The number of hydrogen-bond acceptors (Lipinski definition) is 0. The zero-order valence-corrected chi connectivity index (χ0v) is 7.80. The summed E-state index contributed by atoms with van der Waals surface area (Å²) < 4.78 is 39.4. The SMILES string of the molecule is FC(F)(F)c1cc2cccc3c2n1CC3. The van der Waals surface area contributed by atoms with Crippen LogP contribution in [-0.2, 0) is 19.1 Å². The maximum Gasteiger partial charge on any atom is 0.431 e. The largest absolute Gasteiger partial charge is 0.431 e. The van der Waals surface area contributed by atoms with Crippen molar-refractivity contribution in [1.82, 2.24) is 4.57 Å². The Labute approximate surface area is 84.1 Å². The first-order valence-electron chi connectivity index (χ1n) is 4.76. The Morgan fingerprint density at radius 1 is 1.20 bits per heavy atom. The third-order valence-electron chi connectivity index (χ3n) is 2.90. The second kappa shape index (κ2) is 2.56. The van der Waals surface area contributed by atoms with Crippen molar-refractivity contribution in [2.75, 3.05) is 0 Å². The van der Waals surface area contributed by atoms with Crippen LogP contribution < -0.4 is 0 Å². The van der Waals surface area contributed by atoms with Gasteiger partial charge in [-0.15, -0.1) is 0 Å². The number of hydrogen-bond donors (Lipinski definition) is 0. The molecule has 78 valence electrons. The molecule has 0 atom stereocenters. The lowest BCUT2D eigenvalue weighted by Gasteiger charge is -2.08. The minimum Gasteiger partial charge on any atom is -0.336 e. The highest BCUT2D eigenvalue weighted by atomic mass is 19.4. The van der Waals surface area contributed by atoms with Gasteiger partial charge < -0.3 is 4.57 Å². The number of nitrogens with zero attached hydrogens (tertiary/aromatic N) is 1. The van der Waals surface area contributed by atoms with Crippen LogP contribution in [0.25, 0.3) is 10.9 Å². The fourth-order valence-corrected chi connectivity index (χ4v) is 2.30. The fraction of sp³-hybridized carbons (Fsp3) is 0.273. The molecule has 4 heteroatoms. The van der Waals surface area contributed by atoms with Crippen molar-refractivity contribution in [3.05, 3.63) is 35.5 Å². The molecule has 0 aliphatic carbocycles. The molecule has 0 saturated carbocycles. The average molecular weight is 211 g/mol. The minimum atomic E-state index is -4.25. The predicted molar refractivity (Wildman–Crippen MR) is 50.6 cm³/mol. The van der Waals surface area contributed by atoms with Crippen molar-refractivity contribution in [3.8, 4) is 0 Å². The molecular formula is C11H8F3N. The number of aromatic nitrogens is 1. The molecule has 1 aliphatic heterocycles. The van der Waals surface area contributed by atoms with E-state index in [1.54, 1.807) is 6.07 Å². The molecule has 0 spiro atoms. The third-order valence-corrected chi connectivity index (χ3v) is 2.90. The van der Waals surface area contributed by atoms with E-state index in [-0.39, 0.29) is 0 Å². The standard InChI is InChI=1S/C11H8F3N/c12-11(13,14)9-6-8-3-1-2-7-4-5-15(9)10(7)8/h1-3,6H,4-5H2. The molecule has 0 amide bonds. The lowest BCUT2D eigenvalue weighted by molar-refractivity contribution is -0.143. The van der Waals surface area contributed by atoms with Crippen LogP contribution in [0.5, 0.6) is 0 Å². The summed E-state index contributed by atoms with van der Waals surface area (Å²) in [6.07, 6.45) is -3.54. The molecule has 0 unspecified atom stereocenters. The predicted octanol–water partition coefficient (Wildman–Crippen LogP) is 3.22. The van der Waals surface area contributed by atoms with E-state index in [1.807, 2.05) is 12.1 Å². The number of aryl methyl sites for hydroxylation is 2. The van der Waals surface area contributed by atoms with E-state index in [1.165, 1.54) is 10.6 Å². The van der Waals surface area contributed by atoms with Gasteiger partial charge in [-0.25, -0.2) is 0 Å². The average Bonchev–Trinajstić information content (AvgIpc) is 2.71. The van der Waals surface area contributed by atoms with Crippen molar-refractivity contribution in [2.24, 2.45) is 0 Å². The van der Waals surface area contributed by atoms with Crippen LogP contribution >= 0.6 is 0 Å².